The summed E-state index contributed by atoms with van der Waals surface area (Å²) >= 11 is 0. The Morgan fingerprint density at radius 2 is 1.77 bits per heavy atom. The van der Waals surface area contributed by atoms with Crippen LogP contribution in [0, 0.1) is 0 Å². The Balaban J connectivity index is 2.04. The fourth-order valence-electron chi connectivity index (χ4n) is 1.10. The summed E-state index contributed by atoms with van der Waals surface area (Å²) in [6.07, 6.45) is 2.64. The molecule has 0 atom stereocenters. The van der Waals surface area contributed by atoms with E-state index >= 15 is 0 Å². The smallest absolute Gasteiger partial charge is 0.488 e. The van der Waals surface area contributed by atoms with Crippen molar-refractivity contribution >= 4 is 12.6 Å². The Hall–Kier alpha value is -0.995. The Morgan fingerprint density at radius 3 is 2.23 bits per heavy atom. The SMILES string of the molecule is OB(O)c1ccc(OC2CC2)cc1. The third-order valence-electron chi connectivity index (χ3n) is 2.01. The van der Waals surface area contributed by atoms with Gasteiger partial charge in [-0.15, -0.1) is 0 Å². The summed E-state index contributed by atoms with van der Waals surface area (Å²) in [5, 5.41) is 17.6. The van der Waals surface area contributed by atoms with Crippen molar-refractivity contribution in [2.45, 2.75) is 18.9 Å². The fraction of sp³-hybridized carbons (Fsp3) is 0.333. The molecule has 1 aliphatic carbocycles. The lowest BCUT2D eigenvalue weighted by Crippen LogP contribution is -2.29. The molecule has 0 bridgehead atoms. The molecule has 13 heavy (non-hydrogen) atoms. The van der Waals surface area contributed by atoms with Crippen molar-refractivity contribution in [2.75, 3.05) is 0 Å². The van der Waals surface area contributed by atoms with Crippen molar-refractivity contribution in [1.29, 1.82) is 0 Å². The molecule has 4 heteroatoms. The Kier molecular flexibility index (Phi) is 2.25. The van der Waals surface area contributed by atoms with Crippen LogP contribution in [0.15, 0.2) is 24.3 Å². The summed E-state index contributed by atoms with van der Waals surface area (Å²) in [5.41, 5.74) is 0.489. The number of hydrogen-bond acceptors (Lipinski definition) is 3. The molecule has 0 saturated heterocycles. The standard InChI is InChI=1S/C9H11BO3/c11-10(12)7-1-3-8(4-2-7)13-9-5-6-9/h1-4,9,11-12H,5-6H2. The number of ether oxygens (including phenoxy) is 1. The average molecular weight is 178 g/mol. The minimum Gasteiger partial charge on any atom is -0.490 e. The van der Waals surface area contributed by atoms with Crippen molar-refractivity contribution in [3.63, 3.8) is 0 Å². The highest BCUT2D eigenvalue weighted by molar-refractivity contribution is 6.58. The normalized spacial score (nSPS) is 15.5. The lowest BCUT2D eigenvalue weighted by Gasteiger charge is -2.04. The number of benzene rings is 1. The van der Waals surface area contributed by atoms with E-state index in [0.29, 0.717) is 11.6 Å². The molecule has 0 aliphatic heterocycles. The summed E-state index contributed by atoms with van der Waals surface area (Å²) in [4.78, 5) is 0. The minimum atomic E-state index is -1.39. The predicted octanol–water partition coefficient (Wildman–Crippen LogP) is -0.0924. The fourth-order valence-corrected chi connectivity index (χ4v) is 1.10. The largest absolute Gasteiger partial charge is 0.490 e. The molecule has 0 aromatic heterocycles. The summed E-state index contributed by atoms with van der Waals surface area (Å²) in [6.45, 7) is 0. The van der Waals surface area contributed by atoms with Gasteiger partial charge < -0.3 is 14.8 Å². The predicted molar refractivity (Wildman–Crippen MR) is 49.9 cm³/mol. The number of hydrogen-bond donors (Lipinski definition) is 2. The summed E-state index contributed by atoms with van der Waals surface area (Å²) < 4.78 is 5.50. The van der Waals surface area contributed by atoms with Crippen LogP contribution in [0.5, 0.6) is 5.75 Å². The topological polar surface area (TPSA) is 49.7 Å². The molecule has 0 heterocycles. The third-order valence-corrected chi connectivity index (χ3v) is 2.01. The lowest BCUT2D eigenvalue weighted by molar-refractivity contribution is 0.303. The molecule has 3 nitrogen and oxygen atoms in total. The molecule has 1 saturated carbocycles. The molecular formula is C9H11BO3. The van der Waals surface area contributed by atoms with Gasteiger partial charge in [-0.1, -0.05) is 12.1 Å². The molecule has 1 aliphatic rings. The molecule has 0 spiro atoms. The summed E-state index contributed by atoms with van der Waals surface area (Å²) in [7, 11) is -1.39. The first-order valence-electron chi connectivity index (χ1n) is 4.38. The van der Waals surface area contributed by atoms with Gasteiger partial charge in [0.05, 0.1) is 6.10 Å². The molecule has 1 aromatic carbocycles. The maximum atomic E-state index is 8.82. The van der Waals surface area contributed by atoms with Gasteiger partial charge in [-0.25, -0.2) is 0 Å². The van der Waals surface area contributed by atoms with Crippen LogP contribution >= 0.6 is 0 Å². The highest BCUT2D eigenvalue weighted by Gasteiger charge is 2.23. The van der Waals surface area contributed by atoms with E-state index in [4.69, 9.17) is 14.8 Å². The van der Waals surface area contributed by atoms with Crippen molar-refractivity contribution in [3.8, 4) is 5.75 Å². The Bertz CT molecular complexity index is 279. The minimum absolute atomic E-state index is 0.380. The van der Waals surface area contributed by atoms with Gasteiger partial charge in [0.25, 0.3) is 0 Å². The monoisotopic (exact) mass is 178 g/mol. The van der Waals surface area contributed by atoms with E-state index in [1.807, 2.05) is 0 Å². The van der Waals surface area contributed by atoms with Crippen LogP contribution in [-0.4, -0.2) is 23.3 Å². The zero-order valence-electron chi connectivity index (χ0n) is 7.18. The van der Waals surface area contributed by atoms with E-state index in [1.165, 1.54) is 0 Å². The molecule has 68 valence electrons. The molecule has 0 amide bonds. The molecule has 0 unspecified atom stereocenters. The first kappa shape index (κ1) is 8.60. The van der Waals surface area contributed by atoms with Gasteiger partial charge in [0, 0.05) is 0 Å². The van der Waals surface area contributed by atoms with E-state index in [2.05, 4.69) is 0 Å². The van der Waals surface area contributed by atoms with Crippen molar-refractivity contribution in [1.82, 2.24) is 0 Å². The molecule has 1 fully saturated rings. The van der Waals surface area contributed by atoms with Gasteiger partial charge in [-0.2, -0.15) is 0 Å². The van der Waals surface area contributed by atoms with Gasteiger partial charge in [0.15, 0.2) is 0 Å². The molecule has 2 N–H and O–H groups in total. The molecule has 1 aromatic rings. The van der Waals surface area contributed by atoms with Gasteiger partial charge in [0.2, 0.25) is 0 Å². The third kappa shape index (κ3) is 2.23. The molecule has 0 radical (unpaired) electrons. The van der Waals surface area contributed by atoms with Gasteiger partial charge >= 0.3 is 7.12 Å². The van der Waals surface area contributed by atoms with Crippen molar-refractivity contribution in [3.05, 3.63) is 24.3 Å². The molecular weight excluding hydrogens is 167 g/mol. The first-order chi connectivity index (χ1) is 6.25. The highest BCUT2D eigenvalue weighted by Crippen LogP contribution is 2.25. The lowest BCUT2D eigenvalue weighted by atomic mass is 9.80. The second kappa shape index (κ2) is 3.40. The number of rotatable bonds is 3. The maximum Gasteiger partial charge on any atom is 0.488 e. The van der Waals surface area contributed by atoms with Crippen LogP contribution in [0.25, 0.3) is 0 Å². The molecule has 2 rings (SSSR count). The van der Waals surface area contributed by atoms with Crippen LogP contribution in [-0.2, 0) is 0 Å². The van der Waals surface area contributed by atoms with Gasteiger partial charge in [-0.3, -0.25) is 0 Å². The van der Waals surface area contributed by atoms with Crippen LogP contribution in [0.1, 0.15) is 12.8 Å². The van der Waals surface area contributed by atoms with E-state index in [9.17, 15) is 0 Å². The zero-order chi connectivity index (χ0) is 9.26. The zero-order valence-corrected chi connectivity index (χ0v) is 7.18. The quantitative estimate of drug-likeness (QED) is 0.635. The highest BCUT2D eigenvalue weighted by atomic mass is 16.5. The second-order valence-corrected chi connectivity index (χ2v) is 3.26. The summed E-state index contributed by atoms with van der Waals surface area (Å²) in [5.74, 6) is 0.798. The van der Waals surface area contributed by atoms with Crippen molar-refractivity contribution < 1.29 is 14.8 Å². The summed E-state index contributed by atoms with van der Waals surface area (Å²) in [6, 6.07) is 6.82. The van der Waals surface area contributed by atoms with Gasteiger partial charge in [0.1, 0.15) is 5.75 Å². The van der Waals surface area contributed by atoms with E-state index in [1.54, 1.807) is 24.3 Å². The Morgan fingerprint density at radius 1 is 1.15 bits per heavy atom. The first-order valence-corrected chi connectivity index (χ1v) is 4.38. The van der Waals surface area contributed by atoms with Crippen LogP contribution in [0.3, 0.4) is 0 Å². The van der Waals surface area contributed by atoms with E-state index in [-0.39, 0.29) is 0 Å². The Labute approximate surface area is 77.1 Å². The van der Waals surface area contributed by atoms with Crippen LogP contribution < -0.4 is 10.2 Å². The van der Waals surface area contributed by atoms with E-state index in [0.717, 1.165) is 18.6 Å². The average Bonchev–Trinajstić information content (AvgIpc) is 2.89. The van der Waals surface area contributed by atoms with Crippen LogP contribution in [0.4, 0.5) is 0 Å². The van der Waals surface area contributed by atoms with Gasteiger partial charge in [-0.05, 0) is 30.4 Å². The van der Waals surface area contributed by atoms with E-state index < -0.39 is 7.12 Å². The second-order valence-electron chi connectivity index (χ2n) is 3.26. The van der Waals surface area contributed by atoms with Crippen molar-refractivity contribution in [2.24, 2.45) is 0 Å². The van der Waals surface area contributed by atoms with Crippen LogP contribution in [0.2, 0.25) is 0 Å². The maximum absolute atomic E-state index is 8.82.